The lowest BCUT2D eigenvalue weighted by atomic mass is 9.52. The van der Waals surface area contributed by atoms with E-state index >= 15 is 0 Å². The third-order valence-electron chi connectivity index (χ3n) is 11.6. The molecule has 3 aliphatic carbocycles. The maximum Gasteiger partial charge on any atom is 0.220 e. The van der Waals surface area contributed by atoms with Gasteiger partial charge in [0.05, 0.1) is 31.5 Å². The van der Waals surface area contributed by atoms with Gasteiger partial charge in [0, 0.05) is 37.9 Å². The number of amides is 1. The van der Waals surface area contributed by atoms with Gasteiger partial charge in [0.1, 0.15) is 17.5 Å². The summed E-state index contributed by atoms with van der Waals surface area (Å²) in [6, 6.07) is 5.40. The van der Waals surface area contributed by atoms with Crippen LogP contribution in [0, 0.1) is 29.6 Å². The van der Waals surface area contributed by atoms with E-state index in [1.807, 2.05) is 6.07 Å². The number of benzene rings is 1. The van der Waals surface area contributed by atoms with Gasteiger partial charge in [-0.05, 0) is 87.0 Å². The van der Waals surface area contributed by atoms with Crippen LogP contribution >= 0.6 is 0 Å². The van der Waals surface area contributed by atoms with E-state index in [9.17, 15) is 20.1 Å². The number of aliphatic hydroxyl groups excluding tert-OH is 1. The summed E-state index contributed by atoms with van der Waals surface area (Å²) < 4.78 is 23.3. The smallest absolute Gasteiger partial charge is 0.220 e. The van der Waals surface area contributed by atoms with Crippen molar-refractivity contribution in [2.75, 3.05) is 26.9 Å². The van der Waals surface area contributed by atoms with Crippen LogP contribution in [0.5, 0.6) is 5.75 Å². The maximum absolute atomic E-state index is 12.4. The number of unbranched alkanes of at least 4 members (excludes halogenated alkanes) is 4. The zero-order chi connectivity index (χ0) is 32.9. The van der Waals surface area contributed by atoms with Crippen LogP contribution in [0.3, 0.4) is 0 Å². The van der Waals surface area contributed by atoms with Crippen molar-refractivity contribution in [2.45, 2.75) is 133 Å². The lowest BCUT2D eigenvalue weighted by Gasteiger charge is -2.55. The summed E-state index contributed by atoms with van der Waals surface area (Å²) in [4.78, 5) is 12.4. The zero-order valence-corrected chi connectivity index (χ0v) is 27.9. The molecule has 1 aromatic rings. The molecule has 0 bridgehead atoms. The third kappa shape index (κ3) is 7.43. The summed E-state index contributed by atoms with van der Waals surface area (Å²) in [5.41, 5.74) is 0.973. The van der Waals surface area contributed by atoms with Crippen LogP contribution in [0.2, 0.25) is 0 Å². The molecule has 0 spiro atoms. The van der Waals surface area contributed by atoms with Gasteiger partial charge in [-0.1, -0.05) is 38.2 Å². The highest BCUT2D eigenvalue weighted by Gasteiger charge is 2.63. The molecule has 9 nitrogen and oxygen atoms in total. The minimum atomic E-state index is -1.11. The molecule has 1 saturated heterocycles. The summed E-state index contributed by atoms with van der Waals surface area (Å²) in [5.74, 6) is 3.97. The Labute approximate surface area is 274 Å². The zero-order valence-electron chi connectivity index (χ0n) is 27.9. The quantitative estimate of drug-likeness (QED) is 0.172. The van der Waals surface area contributed by atoms with Crippen molar-refractivity contribution in [1.82, 2.24) is 5.32 Å². The second-order valence-electron chi connectivity index (χ2n) is 14.3. The Hall–Kier alpha value is -2.19. The Bertz CT molecular complexity index is 1220. The first-order valence-electron chi connectivity index (χ1n) is 17.5. The molecule has 46 heavy (non-hydrogen) atoms. The van der Waals surface area contributed by atoms with E-state index in [1.165, 1.54) is 11.1 Å². The first-order valence-corrected chi connectivity index (χ1v) is 17.5. The Kier molecular flexibility index (Phi) is 11.7. The number of ether oxygens (including phenoxy) is 4. The molecule has 0 aromatic heterocycles. The number of methoxy groups -OCH3 is 1. The number of phenolic OH excluding ortho intramolecular Hbond substituents is 1. The number of carbonyl (C=O) groups is 1. The lowest BCUT2D eigenvalue weighted by Crippen LogP contribution is -2.55. The minimum absolute atomic E-state index is 0.0445. The molecule has 2 saturated carbocycles. The monoisotopic (exact) mass is 641 g/mol. The van der Waals surface area contributed by atoms with Gasteiger partial charge in [0.15, 0.2) is 6.29 Å². The lowest BCUT2D eigenvalue weighted by molar-refractivity contribution is -0.215. The number of phenols is 1. The Morgan fingerprint density at radius 3 is 2.72 bits per heavy atom. The molecule has 9 heteroatoms. The van der Waals surface area contributed by atoms with Gasteiger partial charge in [-0.15, -0.1) is 6.42 Å². The fourth-order valence-electron chi connectivity index (χ4n) is 9.03. The summed E-state index contributed by atoms with van der Waals surface area (Å²) in [5, 5.41) is 34.9. The van der Waals surface area contributed by atoms with Crippen molar-refractivity contribution in [3.05, 3.63) is 29.3 Å². The van der Waals surface area contributed by atoms with Crippen LogP contribution in [-0.4, -0.2) is 84.4 Å². The fraction of sp³-hybridized carbons (Fsp3) is 0.757. The molecule has 1 aromatic carbocycles. The first kappa shape index (κ1) is 35.1. The molecule has 0 unspecified atom stereocenters. The number of carbonyl (C=O) groups excluding carboxylic acids is 1. The standard InChI is InChI=1S/C37H55NO8/c1-5-37(42)17-16-29-28-14-12-25-21-26(39)13-15-27(25)34(28)31(23-36(29,37)3)45-20-19-44-18-10-8-6-7-9-11-32(40)38-30-22-33(43-4)46-24(2)35(30)41/h1,13,15,21,24,28-31,33-35,39,41-42H,6-12,14,16-20,22-23H2,2-4H3,(H,38,40)/t24-,28+,29+,30+,31+,33-,34-,35+,36+,37+/m1/s1. The molecule has 1 amide bonds. The number of hydrogen-bond donors (Lipinski definition) is 4. The van der Waals surface area contributed by atoms with Crippen molar-refractivity contribution in [3.8, 4) is 18.1 Å². The molecule has 1 heterocycles. The largest absolute Gasteiger partial charge is 0.508 e. The van der Waals surface area contributed by atoms with E-state index in [4.69, 9.17) is 25.4 Å². The number of fused-ring (bicyclic) bond motifs is 5. The van der Waals surface area contributed by atoms with E-state index in [0.29, 0.717) is 63.1 Å². The van der Waals surface area contributed by atoms with Crippen LogP contribution in [-0.2, 0) is 30.2 Å². The van der Waals surface area contributed by atoms with E-state index in [1.54, 1.807) is 20.1 Å². The van der Waals surface area contributed by atoms with E-state index in [2.05, 4.69) is 24.2 Å². The van der Waals surface area contributed by atoms with Gasteiger partial charge in [0.25, 0.3) is 0 Å². The minimum Gasteiger partial charge on any atom is -0.508 e. The highest BCUT2D eigenvalue weighted by atomic mass is 16.7. The van der Waals surface area contributed by atoms with Gasteiger partial charge in [0.2, 0.25) is 5.91 Å². The molecular formula is C37H55NO8. The molecule has 5 rings (SSSR count). The average Bonchev–Trinajstić information content (AvgIpc) is 3.31. The van der Waals surface area contributed by atoms with Crippen LogP contribution in [0.4, 0.5) is 0 Å². The molecule has 0 radical (unpaired) electrons. The average molecular weight is 642 g/mol. The van der Waals surface area contributed by atoms with Crippen molar-refractivity contribution in [3.63, 3.8) is 0 Å². The Balaban J connectivity index is 1.00. The van der Waals surface area contributed by atoms with E-state index in [-0.39, 0.29) is 35.5 Å². The van der Waals surface area contributed by atoms with Crippen LogP contribution in [0.1, 0.15) is 102 Å². The predicted octanol–water partition coefficient (Wildman–Crippen LogP) is 4.59. The highest BCUT2D eigenvalue weighted by molar-refractivity contribution is 5.76. The van der Waals surface area contributed by atoms with Crippen molar-refractivity contribution in [1.29, 1.82) is 0 Å². The number of nitrogens with one attached hydrogen (secondary N) is 1. The highest BCUT2D eigenvalue weighted by Crippen LogP contribution is 2.64. The molecule has 4 aliphatic rings. The fourth-order valence-corrected chi connectivity index (χ4v) is 9.03. The molecular weight excluding hydrogens is 586 g/mol. The summed E-state index contributed by atoms with van der Waals surface area (Å²) in [7, 11) is 1.56. The van der Waals surface area contributed by atoms with Gasteiger partial charge >= 0.3 is 0 Å². The van der Waals surface area contributed by atoms with Gasteiger partial charge < -0.3 is 39.6 Å². The summed E-state index contributed by atoms with van der Waals surface area (Å²) in [6.45, 7) is 5.61. The maximum atomic E-state index is 12.4. The van der Waals surface area contributed by atoms with E-state index < -0.39 is 18.0 Å². The first-order chi connectivity index (χ1) is 22.1. The number of terminal acetylenes is 1. The van der Waals surface area contributed by atoms with Gasteiger partial charge in [-0.2, -0.15) is 0 Å². The van der Waals surface area contributed by atoms with Gasteiger partial charge in [-0.3, -0.25) is 4.79 Å². The number of rotatable bonds is 14. The summed E-state index contributed by atoms with van der Waals surface area (Å²) in [6.07, 6.45) is 14.2. The molecule has 10 atom stereocenters. The van der Waals surface area contributed by atoms with Crippen LogP contribution in [0.25, 0.3) is 0 Å². The van der Waals surface area contributed by atoms with Crippen molar-refractivity contribution in [2.24, 2.45) is 17.3 Å². The SMILES string of the molecule is C#C[C@]1(O)CC[C@H]2[C@@H]3CCc4cc(O)ccc4[C@H]3[C@@H](OCCOCCCCCCCC(=O)N[C@H]3C[C@H](OC)O[C@H](C)[C@@H]3O)C[C@@]21C. The second-order valence-corrected chi connectivity index (χ2v) is 14.3. The normalized spacial score (nSPS) is 36.7. The number of aliphatic hydroxyl groups is 2. The second kappa shape index (κ2) is 15.4. The van der Waals surface area contributed by atoms with Crippen LogP contribution in [0.15, 0.2) is 18.2 Å². The molecule has 3 fully saturated rings. The predicted molar refractivity (Wildman–Crippen MR) is 174 cm³/mol. The Morgan fingerprint density at radius 2 is 1.93 bits per heavy atom. The van der Waals surface area contributed by atoms with Crippen LogP contribution < -0.4 is 5.32 Å². The molecule has 1 aliphatic heterocycles. The Morgan fingerprint density at radius 1 is 1.15 bits per heavy atom. The molecule has 4 N–H and O–H groups in total. The summed E-state index contributed by atoms with van der Waals surface area (Å²) >= 11 is 0. The van der Waals surface area contributed by atoms with E-state index in [0.717, 1.165) is 51.4 Å². The topological polar surface area (TPSA) is 127 Å². The third-order valence-corrected chi connectivity index (χ3v) is 11.6. The van der Waals surface area contributed by atoms with Crippen molar-refractivity contribution >= 4 is 5.91 Å². The number of hydrogen-bond acceptors (Lipinski definition) is 8. The van der Waals surface area contributed by atoms with Gasteiger partial charge in [-0.25, -0.2) is 0 Å². The van der Waals surface area contributed by atoms with Crippen molar-refractivity contribution < 1.29 is 39.1 Å². The number of aryl methyl sites for hydroxylation is 1. The number of aromatic hydroxyl groups is 1. The molecule has 256 valence electrons.